The predicted molar refractivity (Wildman–Crippen MR) is 137 cm³/mol. The number of pyridine rings is 2. The zero-order valence-corrected chi connectivity index (χ0v) is 21.0. The quantitative estimate of drug-likeness (QED) is 0.436. The monoisotopic (exact) mass is 522 g/mol. The Kier molecular flexibility index (Phi) is 7.94. The molecule has 4 rings (SSSR count). The molecule has 9 nitrogen and oxygen atoms in total. The number of nitrogen functional groups attached to an aromatic ring is 1. The van der Waals surface area contributed by atoms with Gasteiger partial charge in [0, 0.05) is 36.9 Å². The summed E-state index contributed by atoms with van der Waals surface area (Å²) in [6.07, 6.45) is 5.55. The molecule has 4 amide bonds. The fourth-order valence-electron chi connectivity index (χ4n) is 4.62. The fourth-order valence-corrected chi connectivity index (χ4v) is 4.62. The molecule has 3 atom stereocenters. The number of nitrogens with zero attached hydrogens (tertiary/aromatic N) is 4. The molecule has 3 heterocycles. The summed E-state index contributed by atoms with van der Waals surface area (Å²) in [5, 5.41) is 2.64. The van der Waals surface area contributed by atoms with Crippen molar-refractivity contribution in [3.63, 3.8) is 0 Å². The van der Waals surface area contributed by atoms with Crippen molar-refractivity contribution in [3.05, 3.63) is 83.8 Å². The molecule has 11 heteroatoms. The smallest absolute Gasteiger partial charge is 0.325 e. The van der Waals surface area contributed by atoms with E-state index in [2.05, 4.69) is 15.3 Å². The molecule has 1 aliphatic heterocycles. The number of hydrogen-bond acceptors (Lipinski definition) is 6. The van der Waals surface area contributed by atoms with Crippen LogP contribution in [0, 0.1) is 17.6 Å². The number of amides is 4. The second kappa shape index (κ2) is 11.3. The van der Waals surface area contributed by atoms with Crippen LogP contribution in [0.1, 0.15) is 36.9 Å². The molecule has 1 saturated heterocycles. The number of carbonyl (C=O) groups is 3. The third kappa shape index (κ3) is 5.46. The molecule has 1 fully saturated rings. The molecule has 0 aliphatic carbocycles. The topological polar surface area (TPSA) is 122 Å². The number of hydrogen-bond donors (Lipinski definition) is 2. The number of anilines is 2. The van der Waals surface area contributed by atoms with E-state index >= 15 is 0 Å². The number of nitrogens with one attached hydrogen (secondary N) is 1. The molecule has 38 heavy (non-hydrogen) atoms. The Morgan fingerprint density at radius 1 is 1.13 bits per heavy atom. The summed E-state index contributed by atoms with van der Waals surface area (Å²) in [6, 6.07) is 6.66. The molecule has 0 unspecified atom stereocenters. The highest BCUT2D eigenvalue weighted by Crippen LogP contribution is 2.34. The Balaban J connectivity index is 1.62. The van der Waals surface area contributed by atoms with E-state index in [0.29, 0.717) is 24.1 Å². The van der Waals surface area contributed by atoms with Crippen LogP contribution in [-0.4, -0.2) is 45.8 Å². The molecule has 0 saturated carbocycles. The third-order valence-electron chi connectivity index (χ3n) is 6.58. The first-order valence-corrected chi connectivity index (χ1v) is 12.2. The highest BCUT2D eigenvalue weighted by atomic mass is 19.1. The van der Waals surface area contributed by atoms with Gasteiger partial charge in [-0.1, -0.05) is 13.3 Å². The van der Waals surface area contributed by atoms with E-state index in [4.69, 9.17) is 5.73 Å². The summed E-state index contributed by atoms with van der Waals surface area (Å²) < 4.78 is 28.4. The summed E-state index contributed by atoms with van der Waals surface area (Å²) in [4.78, 5) is 50.4. The van der Waals surface area contributed by atoms with Crippen LogP contribution in [0.3, 0.4) is 0 Å². The largest absolute Gasteiger partial charge is 0.384 e. The minimum atomic E-state index is -1.13. The number of nitrogens with two attached hydrogens (primary N) is 1. The molecule has 198 valence electrons. The lowest BCUT2D eigenvalue weighted by Gasteiger charge is -2.46. The van der Waals surface area contributed by atoms with Crippen LogP contribution in [0.15, 0.2) is 61.1 Å². The zero-order valence-electron chi connectivity index (χ0n) is 21.0. The summed E-state index contributed by atoms with van der Waals surface area (Å²) in [6.45, 7) is 1.83. The number of aromatic nitrogens is 2. The van der Waals surface area contributed by atoms with Crippen molar-refractivity contribution >= 4 is 29.4 Å². The zero-order chi connectivity index (χ0) is 27.4. The van der Waals surface area contributed by atoms with Crippen molar-refractivity contribution in [1.82, 2.24) is 20.2 Å². The van der Waals surface area contributed by atoms with Gasteiger partial charge in [-0.05, 0) is 60.9 Å². The summed E-state index contributed by atoms with van der Waals surface area (Å²) in [5.74, 6) is -2.95. The van der Waals surface area contributed by atoms with E-state index in [1.54, 1.807) is 31.3 Å². The second-order valence-electron chi connectivity index (χ2n) is 9.11. The van der Waals surface area contributed by atoms with Gasteiger partial charge in [0.25, 0.3) is 5.91 Å². The number of halogens is 2. The molecule has 0 radical (unpaired) electrons. The van der Waals surface area contributed by atoms with Crippen molar-refractivity contribution in [1.29, 1.82) is 0 Å². The average molecular weight is 523 g/mol. The number of carbonyl (C=O) groups excluding carboxylic acids is 3. The van der Waals surface area contributed by atoms with Gasteiger partial charge in [0.1, 0.15) is 23.5 Å². The van der Waals surface area contributed by atoms with Gasteiger partial charge in [-0.2, -0.15) is 0 Å². The van der Waals surface area contributed by atoms with Crippen LogP contribution in [0.4, 0.5) is 25.1 Å². The molecule has 0 spiro atoms. The summed E-state index contributed by atoms with van der Waals surface area (Å²) in [5.41, 5.74) is 6.96. The van der Waals surface area contributed by atoms with Crippen molar-refractivity contribution in [2.75, 3.05) is 17.7 Å². The number of imide groups is 1. The fraction of sp³-hybridized carbons (Fsp3) is 0.296. The second-order valence-corrected chi connectivity index (χ2v) is 9.11. The highest BCUT2D eigenvalue weighted by molar-refractivity contribution is 6.12. The number of urea groups is 1. The molecule has 1 aromatic carbocycles. The highest BCUT2D eigenvalue weighted by Gasteiger charge is 2.55. The molecule has 1 aliphatic rings. The number of likely N-dealkylation sites (N-methyl/N-ethyl adjacent to an activating group) is 1. The van der Waals surface area contributed by atoms with Gasteiger partial charge in [0.2, 0.25) is 5.91 Å². The molecule has 2 aromatic heterocycles. The molecular weight excluding hydrogens is 494 g/mol. The maximum absolute atomic E-state index is 14.5. The van der Waals surface area contributed by atoms with Gasteiger partial charge >= 0.3 is 6.03 Å². The standard InChI is InChI=1S/C27H28F2N6O3/c1-3-4-22(19-15-17(28)5-6-21(19)29)33-27(38)35-24(26(37)34(2)18-8-10-31-11-9-18)20(25(35)36)13-16-7-12-32-23(30)14-16/h5-12,14-15,20,22,24H,3-4,13H2,1-2H3,(H2,30,32)(H,33,38)/t20-,22-,24+/m1/s1. The third-order valence-corrected chi connectivity index (χ3v) is 6.58. The first-order valence-electron chi connectivity index (χ1n) is 12.2. The van der Waals surface area contributed by atoms with Crippen LogP contribution in [0.2, 0.25) is 0 Å². The van der Waals surface area contributed by atoms with Crippen LogP contribution in [-0.2, 0) is 16.0 Å². The predicted octanol–water partition coefficient (Wildman–Crippen LogP) is 3.62. The summed E-state index contributed by atoms with van der Waals surface area (Å²) >= 11 is 0. The Labute approximate surface area is 218 Å². The van der Waals surface area contributed by atoms with E-state index in [1.165, 1.54) is 23.5 Å². The van der Waals surface area contributed by atoms with Crippen LogP contribution < -0.4 is 16.0 Å². The molecule has 3 aromatic rings. The average Bonchev–Trinajstić information content (AvgIpc) is 2.91. The lowest BCUT2D eigenvalue weighted by Crippen LogP contribution is -2.70. The van der Waals surface area contributed by atoms with Crippen molar-refractivity contribution in [3.8, 4) is 0 Å². The number of β-lactam (4-membered cyclic amide) rings is 1. The number of likely N-dealkylation sites (tertiary alicyclic amines) is 1. The number of rotatable bonds is 8. The Bertz CT molecular complexity index is 1340. The van der Waals surface area contributed by atoms with E-state index in [-0.39, 0.29) is 17.8 Å². The van der Waals surface area contributed by atoms with Gasteiger partial charge in [-0.3, -0.25) is 19.5 Å². The Morgan fingerprint density at radius 3 is 2.55 bits per heavy atom. The first-order chi connectivity index (χ1) is 18.2. The van der Waals surface area contributed by atoms with Gasteiger partial charge in [-0.25, -0.2) is 18.6 Å². The summed E-state index contributed by atoms with van der Waals surface area (Å²) in [7, 11) is 1.54. The lowest BCUT2D eigenvalue weighted by molar-refractivity contribution is -0.156. The molecule has 3 N–H and O–H groups in total. The van der Waals surface area contributed by atoms with E-state index < -0.39 is 47.5 Å². The number of benzene rings is 1. The maximum atomic E-state index is 14.5. The van der Waals surface area contributed by atoms with E-state index in [9.17, 15) is 23.2 Å². The van der Waals surface area contributed by atoms with Gasteiger partial charge < -0.3 is 16.0 Å². The van der Waals surface area contributed by atoms with E-state index in [1.807, 2.05) is 6.92 Å². The minimum absolute atomic E-state index is 0.0336. The van der Waals surface area contributed by atoms with Crippen molar-refractivity contribution < 1.29 is 23.2 Å². The van der Waals surface area contributed by atoms with Crippen LogP contribution >= 0.6 is 0 Å². The van der Waals surface area contributed by atoms with Crippen LogP contribution in [0.25, 0.3) is 0 Å². The normalized spacial score (nSPS) is 17.5. The van der Waals surface area contributed by atoms with Gasteiger partial charge in [-0.15, -0.1) is 0 Å². The molecular formula is C27H28F2N6O3. The van der Waals surface area contributed by atoms with E-state index in [0.717, 1.165) is 23.1 Å². The van der Waals surface area contributed by atoms with Gasteiger partial charge in [0.15, 0.2) is 0 Å². The Morgan fingerprint density at radius 2 is 1.87 bits per heavy atom. The molecule has 0 bridgehead atoms. The van der Waals surface area contributed by atoms with Crippen molar-refractivity contribution in [2.24, 2.45) is 5.92 Å². The minimum Gasteiger partial charge on any atom is -0.384 e. The van der Waals surface area contributed by atoms with Crippen molar-refractivity contribution in [2.45, 2.75) is 38.3 Å². The maximum Gasteiger partial charge on any atom is 0.325 e. The Hall–Kier alpha value is -4.41. The lowest BCUT2D eigenvalue weighted by atomic mass is 9.81. The van der Waals surface area contributed by atoms with Crippen LogP contribution in [0.5, 0.6) is 0 Å². The first kappa shape index (κ1) is 26.6. The van der Waals surface area contributed by atoms with Gasteiger partial charge in [0.05, 0.1) is 12.0 Å². The SMILES string of the molecule is CCC[C@@H](NC(=O)N1C(=O)[C@H](Cc2ccnc(N)c2)[C@H]1C(=O)N(C)c1ccncc1)c1cc(F)ccc1F.